The van der Waals surface area contributed by atoms with Gasteiger partial charge < -0.3 is 4.74 Å². The van der Waals surface area contributed by atoms with Gasteiger partial charge in [-0.2, -0.15) is 8.78 Å². The molecule has 130 valence electrons. The van der Waals surface area contributed by atoms with Gasteiger partial charge in [-0.05, 0) is 43.7 Å². The fourth-order valence-electron chi connectivity index (χ4n) is 2.61. The van der Waals surface area contributed by atoms with Gasteiger partial charge in [0.25, 0.3) is 0 Å². The topological polar surface area (TPSA) is 39.4 Å². The molecule has 3 rings (SSSR count). The fourth-order valence-corrected chi connectivity index (χ4v) is 2.84. The Bertz CT molecular complexity index is 935. The summed E-state index contributed by atoms with van der Waals surface area (Å²) >= 11 is 0. The average Bonchev–Trinajstić information content (AvgIpc) is 2.88. The van der Waals surface area contributed by atoms with Gasteiger partial charge in [0.15, 0.2) is 5.41 Å². The first-order valence-electron chi connectivity index (χ1n) is 7.53. The lowest BCUT2D eigenvalue weighted by atomic mass is 10.0. The molecule has 0 aliphatic heterocycles. The van der Waals surface area contributed by atoms with Crippen molar-refractivity contribution in [3.8, 4) is 17.0 Å². The number of hydrogen-bond donors (Lipinski definition) is 0. The van der Waals surface area contributed by atoms with Crippen molar-refractivity contribution in [1.29, 1.82) is 0 Å². The predicted octanol–water partition coefficient (Wildman–Crippen LogP) is 3.28. The van der Waals surface area contributed by atoms with Crippen LogP contribution in [-0.4, -0.2) is 28.2 Å². The number of fused-ring (bicyclic) bond motifs is 1. The van der Waals surface area contributed by atoms with Crippen LogP contribution in [-0.2, 0) is 5.41 Å². The Labute approximate surface area is 146 Å². The molecule has 25 heavy (non-hydrogen) atoms. The maximum absolute atomic E-state index is 14.3. The molecule has 0 aliphatic rings. The molecule has 1 aromatic carbocycles. The van der Waals surface area contributed by atoms with Crippen LogP contribution in [0, 0.1) is 6.92 Å². The van der Waals surface area contributed by atoms with Crippen molar-refractivity contribution in [2.75, 3.05) is 0 Å². The second-order valence-corrected chi connectivity index (χ2v) is 7.21. The van der Waals surface area contributed by atoms with Crippen molar-refractivity contribution < 1.29 is 17.9 Å². The zero-order valence-electron chi connectivity index (χ0n) is 13.9. The number of ether oxygens (including phenoxy) is 1. The largest absolute Gasteiger partial charge is 0.441 e. The van der Waals surface area contributed by atoms with E-state index in [0.29, 0.717) is 24.6 Å². The summed E-state index contributed by atoms with van der Waals surface area (Å²) in [6.45, 7) is 3.18. The van der Waals surface area contributed by atoms with E-state index in [9.17, 15) is 13.2 Å². The first-order valence-corrected chi connectivity index (χ1v) is 8.11. The minimum absolute atomic E-state index is 0.0705. The highest BCUT2D eigenvalue weighted by molar-refractivity contribution is 7.18. The van der Waals surface area contributed by atoms with Crippen LogP contribution in [0.5, 0.6) is 5.75 Å². The van der Waals surface area contributed by atoms with Crippen molar-refractivity contribution in [2.24, 2.45) is 0 Å². The monoisotopic (exact) mass is 365 g/mol. The molecule has 0 aliphatic carbocycles. The highest BCUT2D eigenvalue weighted by Crippen LogP contribution is 2.35. The fraction of sp³-hybridized carbons (Fsp3) is 0.250. The standard InChI is InChI=1S/C16H16BF3N3OP/c1-9-5-10(24-16(17,19)20)3-4-11(9)12-6-13-14(15(2,18)25)22-8-23(13)7-21-12/h3-8H,17,25H2,1-2H3. The van der Waals surface area contributed by atoms with Gasteiger partial charge in [-0.3, -0.25) is 4.40 Å². The van der Waals surface area contributed by atoms with E-state index in [0.717, 1.165) is 5.56 Å². The summed E-state index contributed by atoms with van der Waals surface area (Å²) in [7, 11) is 2.80. The second-order valence-electron chi connectivity index (χ2n) is 6.12. The quantitative estimate of drug-likeness (QED) is 0.526. The normalized spacial score (nSPS) is 14.5. The zero-order valence-corrected chi connectivity index (χ0v) is 15.1. The molecule has 0 amide bonds. The van der Waals surface area contributed by atoms with Crippen LogP contribution in [0.15, 0.2) is 36.9 Å². The highest BCUT2D eigenvalue weighted by atomic mass is 31.0. The Kier molecular flexibility index (Phi) is 4.27. The van der Waals surface area contributed by atoms with Gasteiger partial charge >= 0.3 is 6.01 Å². The van der Waals surface area contributed by atoms with Gasteiger partial charge in [0.05, 0.1) is 11.2 Å². The molecule has 2 heterocycles. The lowest BCUT2D eigenvalue weighted by Crippen LogP contribution is -2.24. The molecule has 3 aromatic rings. The SMILES string of the molecule is BC(F)(F)Oc1ccc(-c2cc3c(C(C)(F)P)ncn3cn2)c(C)c1. The smallest absolute Gasteiger partial charge is 0.342 e. The van der Waals surface area contributed by atoms with Crippen molar-refractivity contribution in [1.82, 2.24) is 14.4 Å². The van der Waals surface area contributed by atoms with E-state index in [1.54, 1.807) is 29.8 Å². The second kappa shape index (κ2) is 6.02. The lowest BCUT2D eigenvalue weighted by Gasteiger charge is -2.15. The molecule has 2 unspecified atom stereocenters. The van der Waals surface area contributed by atoms with Gasteiger partial charge in [-0.1, -0.05) is 9.24 Å². The Morgan fingerprint density at radius 3 is 2.44 bits per heavy atom. The highest BCUT2D eigenvalue weighted by Gasteiger charge is 2.25. The van der Waals surface area contributed by atoms with Gasteiger partial charge in [0, 0.05) is 5.56 Å². The van der Waals surface area contributed by atoms with E-state index in [1.165, 1.54) is 25.4 Å². The summed E-state index contributed by atoms with van der Waals surface area (Å²) in [5.74, 6) is 0.0705. The first kappa shape index (κ1) is 17.7. The summed E-state index contributed by atoms with van der Waals surface area (Å²) in [6.07, 6.45) is 3.04. The third-order valence-electron chi connectivity index (χ3n) is 3.66. The van der Waals surface area contributed by atoms with Gasteiger partial charge in [-0.25, -0.2) is 14.4 Å². The van der Waals surface area contributed by atoms with Crippen LogP contribution in [0.3, 0.4) is 0 Å². The maximum atomic E-state index is 14.3. The molecule has 0 spiro atoms. The van der Waals surface area contributed by atoms with Crippen molar-refractivity contribution in [3.63, 3.8) is 0 Å². The first-order chi connectivity index (χ1) is 11.5. The van der Waals surface area contributed by atoms with Gasteiger partial charge in [0.2, 0.25) is 7.85 Å². The molecule has 0 N–H and O–H groups in total. The summed E-state index contributed by atoms with van der Waals surface area (Å²) < 4.78 is 46.4. The Balaban J connectivity index is 2.04. The average molecular weight is 365 g/mol. The summed E-state index contributed by atoms with van der Waals surface area (Å²) in [4.78, 5) is 8.44. The lowest BCUT2D eigenvalue weighted by molar-refractivity contribution is -0.0973. The number of aromatic nitrogens is 3. The molecule has 0 saturated heterocycles. The molecule has 0 radical (unpaired) electrons. The third-order valence-corrected chi connectivity index (χ3v) is 3.93. The molecule has 4 nitrogen and oxygen atoms in total. The number of nitrogens with zero attached hydrogens (tertiary/aromatic N) is 3. The number of alkyl halides is 3. The van der Waals surface area contributed by atoms with E-state index in [4.69, 9.17) is 0 Å². The van der Waals surface area contributed by atoms with Crippen molar-refractivity contribution in [3.05, 3.63) is 48.2 Å². The molecule has 0 fully saturated rings. The van der Waals surface area contributed by atoms with E-state index in [1.807, 2.05) is 0 Å². The van der Waals surface area contributed by atoms with Gasteiger partial charge in [0.1, 0.15) is 24.1 Å². The number of imidazole rings is 1. The predicted molar refractivity (Wildman–Crippen MR) is 95.4 cm³/mol. The molecule has 0 bridgehead atoms. The van der Waals surface area contributed by atoms with Crippen molar-refractivity contribution in [2.45, 2.75) is 25.3 Å². The van der Waals surface area contributed by atoms with Crippen LogP contribution in [0.2, 0.25) is 0 Å². The Morgan fingerprint density at radius 1 is 1.16 bits per heavy atom. The summed E-state index contributed by atoms with van der Waals surface area (Å²) in [5, 5.41) is -1.67. The molecule has 2 aromatic heterocycles. The van der Waals surface area contributed by atoms with Gasteiger partial charge in [-0.15, -0.1) is 0 Å². The minimum Gasteiger partial charge on any atom is -0.441 e. The number of benzene rings is 1. The van der Waals surface area contributed by atoms with E-state index < -0.39 is 11.4 Å². The molecular formula is C16H16BF3N3OP. The zero-order chi connectivity index (χ0) is 18.4. The molecule has 9 heteroatoms. The number of aryl methyl sites for hydroxylation is 1. The minimum atomic E-state index is -3.25. The Morgan fingerprint density at radius 2 is 1.84 bits per heavy atom. The van der Waals surface area contributed by atoms with Crippen LogP contribution in [0.25, 0.3) is 16.8 Å². The van der Waals surface area contributed by atoms with Crippen LogP contribution in [0.1, 0.15) is 18.2 Å². The third kappa shape index (κ3) is 3.79. The summed E-state index contributed by atoms with van der Waals surface area (Å²) in [6, 6.07) is 3.10. The number of hydrogen-bond acceptors (Lipinski definition) is 3. The Hall–Kier alpha value is -2.08. The van der Waals surface area contributed by atoms with E-state index in [2.05, 4.69) is 23.9 Å². The van der Waals surface area contributed by atoms with E-state index in [-0.39, 0.29) is 11.4 Å². The maximum Gasteiger partial charge on any atom is 0.342 e. The van der Waals surface area contributed by atoms with Crippen LogP contribution < -0.4 is 4.74 Å². The molecule has 2 atom stereocenters. The number of halogens is 3. The van der Waals surface area contributed by atoms with E-state index >= 15 is 0 Å². The summed E-state index contributed by atoms with van der Waals surface area (Å²) in [5.41, 5.74) is 2.92. The van der Waals surface area contributed by atoms with Crippen LogP contribution >= 0.6 is 9.24 Å². The van der Waals surface area contributed by atoms with Crippen LogP contribution in [0.4, 0.5) is 13.2 Å². The molecular weight excluding hydrogens is 349 g/mol. The molecule has 0 saturated carbocycles. The van der Waals surface area contributed by atoms with Crippen molar-refractivity contribution >= 4 is 22.6 Å². The number of rotatable bonds is 4.